The number of hydrogen-bond donors (Lipinski definition) is 1. The molecule has 0 saturated heterocycles. The molecule has 0 bridgehead atoms. The molecular formula is C20H20N4O5S. The molecule has 0 atom stereocenters. The number of fused-ring (bicyclic) bond motifs is 3. The minimum atomic E-state index is -0.484. The maximum atomic E-state index is 13.0. The zero-order valence-electron chi connectivity index (χ0n) is 17.2. The first-order valence-corrected chi connectivity index (χ1v) is 9.87. The van der Waals surface area contributed by atoms with Crippen LogP contribution < -0.4 is 14.8 Å². The Morgan fingerprint density at radius 3 is 2.53 bits per heavy atom. The zero-order valence-corrected chi connectivity index (χ0v) is 18.0. The summed E-state index contributed by atoms with van der Waals surface area (Å²) in [5, 5.41) is 7.49. The minimum absolute atomic E-state index is 0.314. The van der Waals surface area contributed by atoms with Crippen molar-refractivity contribution in [2.75, 3.05) is 26.6 Å². The van der Waals surface area contributed by atoms with Gasteiger partial charge in [0.2, 0.25) is 0 Å². The van der Waals surface area contributed by atoms with E-state index in [4.69, 9.17) is 14.2 Å². The smallest absolute Gasteiger partial charge is 0.350 e. The maximum absolute atomic E-state index is 13.0. The highest BCUT2D eigenvalue weighted by atomic mass is 32.1. The monoisotopic (exact) mass is 428 g/mol. The molecule has 0 aliphatic heterocycles. The van der Waals surface area contributed by atoms with Crippen molar-refractivity contribution < 1.29 is 23.8 Å². The van der Waals surface area contributed by atoms with Gasteiger partial charge in [-0.3, -0.25) is 14.8 Å². The fourth-order valence-corrected chi connectivity index (χ4v) is 4.50. The van der Waals surface area contributed by atoms with Gasteiger partial charge in [0.1, 0.15) is 4.88 Å². The van der Waals surface area contributed by atoms with Crippen LogP contribution in [0.2, 0.25) is 0 Å². The third-order valence-electron chi connectivity index (χ3n) is 4.98. The van der Waals surface area contributed by atoms with Crippen LogP contribution in [0.3, 0.4) is 0 Å². The van der Waals surface area contributed by atoms with Crippen LogP contribution in [0.4, 0.5) is 5.13 Å². The molecule has 2 heterocycles. The molecule has 10 heteroatoms. The highest BCUT2D eigenvalue weighted by molar-refractivity contribution is 7.17. The van der Waals surface area contributed by atoms with Gasteiger partial charge >= 0.3 is 5.97 Å². The van der Waals surface area contributed by atoms with Gasteiger partial charge in [0, 0.05) is 24.6 Å². The van der Waals surface area contributed by atoms with E-state index in [2.05, 4.69) is 15.4 Å². The van der Waals surface area contributed by atoms with Crippen LogP contribution in [-0.4, -0.2) is 48.0 Å². The molecule has 4 rings (SSSR count). The van der Waals surface area contributed by atoms with Crippen molar-refractivity contribution in [3.8, 4) is 22.8 Å². The summed E-state index contributed by atoms with van der Waals surface area (Å²) in [5.74, 6) is 0.382. The SMILES string of the molecule is COC(=O)c1sc(NC(=O)c2nn(C)c3c2Cc2cc(OC)c(OC)cc2-3)nc1C. The molecule has 1 aliphatic carbocycles. The fraction of sp³-hybridized carbons (Fsp3) is 0.300. The Morgan fingerprint density at radius 1 is 1.17 bits per heavy atom. The van der Waals surface area contributed by atoms with E-state index in [9.17, 15) is 9.59 Å². The average Bonchev–Trinajstić information content (AvgIpc) is 3.38. The Balaban J connectivity index is 1.67. The second-order valence-corrected chi connectivity index (χ2v) is 7.72. The van der Waals surface area contributed by atoms with Crippen LogP contribution in [0.5, 0.6) is 11.5 Å². The Kier molecular flexibility index (Phi) is 4.94. The van der Waals surface area contributed by atoms with Gasteiger partial charge in [-0.05, 0) is 24.6 Å². The first kappa shape index (κ1) is 19.9. The van der Waals surface area contributed by atoms with Crippen molar-refractivity contribution in [2.24, 2.45) is 7.05 Å². The molecule has 9 nitrogen and oxygen atoms in total. The molecule has 0 saturated carbocycles. The molecule has 1 amide bonds. The average molecular weight is 428 g/mol. The summed E-state index contributed by atoms with van der Waals surface area (Å²) < 4.78 is 17.2. The van der Waals surface area contributed by atoms with E-state index in [1.54, 1.807) is 32.9 Å². The fourth-order valence-electron chi connectivity index (χ4n) is 3.62. The Morgan fingerprint density at radius 2 is 1.87 bits per heavy atom. The summed E-state index contributed by atoms with van der Waals surface area (Å²) in [6.45, 7) is 1.69. The second-order valence-electron chi connectivity index (χ2n) is 6.72. The molecule has 2 aromatic heterocycles. The van der Waals surface area contributed by atoms with E-state index in [0.717, 1.165) is 33.7 Å². The quantitative estimate of drug-likeness (QED) is 0.487. The molecule has 1 aliphatic rings. The molecule has 0 radical (unpaired) electrons. The lowest BCUT2D eigenvalue weighted by atomic mass is 10.1. The van der Waals surface area contributed by atoms with Gasteiger partial charge in [0.15, 0.2) is 22.3 Å². The number of aryl methyl sites for hydroxylation is 2. The number of methoxy groups -OCH3 is 3. The number of ether oxygens (including phenoxy) is 3. The zero-order chi connectivity index (χ0) is 21.6. The summed E-state index contributed by atoms with van der Waals surface area (Å²) in [6.07, 6.45) is 0.548. The Labute approximate surface area is 176 Å². The molecule has 0 spiro atoms. The number of anilines is 1. The topological polar surface area (TPSA) is 105 Å². The van der Waals surface area contributed by atoms with E-state index in [1.165, 1.54) is 7.11 Å². The van der Waals surface area contributed by atoms with Gasteiger partial charge in [-0.25, -0.2) is 9.78 Å². The number of esters is 1. The van der Waals surface area contributed by atoms with Crippen molar-refractivity contribution in [3.63, 3.8) is 0 Å². The number of thiazole rings is 1. The number of carbonyl (C=O) groups excluding carboxylic acids is 2. The molecule has 1 N–H and O–H groups in total. The molecule has 0 fully saturated rings. The molecule has 1 aromatic carbocycles. The van der Waals surface area contributed by atoms with Crippen LogP contribution in [0.1, 0.15) is 37.0 Å². The number of hydrogen-bond acceptors (Lipinski definition) is 8. The van der Waals surface area contributed by atoms with E-state index in [1.807, 2.05) is 12.1 Å². The lowest BCUT2D eigenvalue weighted by Crippen LogP contribution is -2.14. The van der Waals surface area contributed by atoms with Gasteiger partial charge in [0.25, 0.3) is 5.91 Å². The predicted octanol–water partition coefficient (Wildman–Crippen LogP) is 2.81. The largest absolute Gasteiger partial charge is 0.493 e. The van der Waals surface area contributed by atoms with Gasteiger partial charge in [-0.2, -0.15) is 5.10 Å². The van der Waals surface area contributed by atoms with E-state index in [0.29, 0.717) is 39.3 Å². The molecule has 30 heavy (non-hydrogen) atoms. The highest BCUT2D eigenvalue weighted by Gasteiger charge is 2.31. The third kappa shape index (κ3) is 3.09. The number of nitrogens with one attached hydrogen (secondary N) is 1. The van der Waals surface area contributed by atoms with Crippen LogP contribution in [-0.2, 0) is 18.2 Å². The molecular weight excluding hydrogens is 408 g/mol. The molecule has 0 unspecified atom stereocenters. The lowest BCUT2D eigenvalue weighted by molar-refractivity contribution is 0.0605. The third-order valence-corrected chi connectivity index (χ3v) is 6.03. The van der Waals surface area contributed by atoms with Crippen molar-refractivity contribution in [2.45, 2.75) is 13.3 Å². The lowest BCUT2D eigenvalue weighted by Gasteiger charge is -2.11. The highest BCUT2D eigenvalue weighted by Crippen LogP contribution is 2.43. The number of nitrogens with zero attached hydrogens (tertiary/aromatic N) is 3. The van der Waals surface area contributed by atoms with Gasteiger partial charge in [-0.1, -0.05) is 11.3 Å². The number of aromatic nitrogens is 3. The van der Waals surface area contributed by atoms with Crippen LogP contribution in [0.15, 0.2) is 12.1 Å². The van der Waals surface area contributed by atoms with Crippen molar-refractivity contribution in [1.82, 2.24) is 14.8 Å². The summed E-state index contributed by atoms with van der Waals surface area (Å²) in [6, 6.07) is 3.82. The van der Waals surface area contributed by atoms with E-state index < -0.39 is 5.97 Å². The number of benzene rings is 1. The van der Waals surface area contributed by atoms with Gasteiger partial charge in [0.05, 0.1) is 32.7 Å². The first-order valence-electron chi connectivity index (χ1n) is 9.06. The van der Waals surface area contributed by atoms with E-state index in [-0.39, 0.29) is 5.91 Å². The van der Waals surface area contributed by atoms with Crippen molar-refractivity contribution in [3.05, 3.63) is 39.5 Å². The maximum Gasteiger partial charge on any atom is 0.350 e. The Hall–Kier alpha value is -3.40. The summed E-state index contributed by atoms with van der Waals surface area (Å²) in [4.78, 5) is 29.3. The minimum Gasteiger partial charge on any atom is -0.493 e. The number of amides is 1. The van der Waals surface area contributed by atoms with Crippen molar-refractivity contribution >= 4 is 28.3 Å². The van der Waals surface area contributed by atoms with Crippen LogP contribution in [0.25, 0.3) is 11.3 Å². The van der Waals surface area contributed by atoms with Crippen LogP contribution in [0, 0.1) is 6.92 Å². The standard InChI is InChI=1S/C20H20N4O5S/c1-9-17(19(26)29-5)30-20(21-9)22-18(25)15-12-6-10-7-13(27-3)14(28-4)8-11(10)16(12)24(2)23-15/h7-8H,6H2,1-5H3,(H,21,22,25). The van der Waals surface area contributed by atoms with Crippen molar-refractivity contribution in [1.29, 1.82) is 0 Å². The van der Waals surface area contributed by atoms with E-state index >= 15 is 0 Å². The molecule has 3 aromatic rings. The number of carbonyl (C=O) groups is 2. The Bertz CT molecular complexity index is 1180. The first-order chi connectivity index (χ1) is 14.4. The normalized spacial score (nSPS) is 11.6. The predicted molar refractivity (Wildman–Crippen MR) is 111 cm³/mol. The second kappa shape index (κ2) is 7.45. The molecule has 156 valence electrons. The van der Waals surface area contributed by atoms with Gasteiger partial charge < -0.3 is 14.2 Å². The summed E-state index contributed by atoms with van der Waals surface area (Å²) >= 11 is 1.07. The van der Waals surface area contributed by atoms with Crippen LogP contribution >= 0.6 is 11.3 Å². The summed E-state index contributed by atoms with van der Waals surface area (Å²) in [7, 11) is 6.27. The summed E-state index contributed by atoms with van der Waals surface area (Å²) in [5.41, 5.74) is 4.48. The number of rotatable bonds is 5. The van der Waals surface area contributed by atoms with Gasteiger partial charge in [-0.15, -0.1) is 0 Å².